The molecule has 0 aliphatic carbocycles. The van der Waals surface area contributed by atoms with Crippen LogP contribution in [-0.4, -0.2) is 5.92 Å². The first-order valence-electron chi connectivity index (χ1n) is 6.70. The van der Waals surface area contributed by atoms with E-state index in [9.17, 15) is 8.78 Å². The molecule has 0 nitrogen and oxygen atoms in total. The van der Waals surface area contributed by atoms with Crippen LogP contribution in [0.5, 0.6) is 0 Å². The third-order valence-corrected chi connectivity index (χ3v) is 3.22. The van der Waals surface area contributed by atoms with Crippen LogP contribution >= 0.6 is 0 Å². The Kier molecular flexibility index (Phi) is 5.30. The number of hydrogen-bond acceptors (Lipinski definition) is 0. The Bertz CT molecular complexity index is 364. The maximum atomic E-state index is 13.2. The SMILES string of the molecule is Cc1ccccc1CC(CC(C)C)CC(C)(F)F. The van der Waals surface area contributed by atoms with Crippen LogP contribution in [-0.2, 0) is 6.42 Å². The van der Waals surface area contributed by atoms with E-state index in [1.165, 1.54) is 11.1 Å². The van der Waals surface area contributed by atoms with Gasteiger partial charge in [0.25, 0.3) is 0 Å². The highest BCUT2D eigenvalue weighted by atomic mass is 19.3. The molecule has 1 unspecified atom stereocenters. The lowest BCUT2D eigenvalue weighted by molar-refractivity contribution is -0.00617. The molecule has 0 aliphatic heterocycles. The van der Waals surface area contributed by atoms with E-state index in [0.717, 1.165) is 19.8 Å². The minimum Gasteiger partial charge on any atom is -0.207 e. The van der Waals surface area contributed by atoms with Gasteiger partial charge in [0, 0.05) is 6.42 Å². The Labute approximate surface area is 109 Å². The second-order valence-corrected chi connectivity index (χ2v) is 5.90. The molecule has 0 spiro atoms. The molecule has 0 fully saturated rings. The summed E-state index contributed by atoms with van der Waals surface area (Å²) in [5.74, 6) is -2.05. The van der Waals surface area contributed by atoms with Gasteiger partial charge >= 0.3 is 0 Å². The molecule has 1 rings (SSSR count). The smallest absolute Gasteiger partial charge is 0.207 e. The van der Waals surface area contributed by atoms with E-state index in [4.69, 9.17) is 0 Å². The highest BCUT2D eigenvalue weighted by Crippen LogP contribution is 2.30. The van der Waals surface area contributed by atoms with Gasteiger partial charge in [-0.1, -0.05) is 38.1 Å². The molecule has 0 aliphatic rings. The Morgan fingerprint density at radius 3 is 2.28 bits per heavy atom. The van der Waals surface area contributed by atoms with Crippen LogP contribution < -0.4 is 0 Å². The fourth-order valence-corrected chi connectivity index (χ4v) is 2.56. The fourth-order valence-electron chi connectivity index (χ4n) is 2.56. The number of aryl methyl sites for hydroxylation is 1. The van der Waals surface area contributed by atoms with Crippen LogP contribution in [0.4, 0.5) is 8.78 Å². The minimum absolute atomic E-state index is 0.0144. The third kappa shape index (κ3) is 5.61. The lowest BCUT2D eigenvalue weighted by atomic mass is 9.85. The average Bonchev–Trinajstić information content (AvgIpc) is 2.17. The van der Waals surface area contributed by atoms with Crippen LogP contribution in [0.2, 0.25) is 0 Å². The molecule has 0 radical (unpaired) electrons. The molecular weight excluding hydrogens is 230 g/mol. The second-order valence-electron chi connectivity index (χ2n) is 5.90. The van der Waals surface area contributed by atoms with Crippen molar-refractivity contribution >= 4 is 0 Å². The van der Waals surface area contributed by atoms with Crippen molar-refractivity contribution in [2.75, 3.05) is 0 Å². The molecule has 0 N–H and O–H groups in total. The van der Waals surface area contributed by atoms with Crippen LogP contribution in [0.15, 0.2) is 24.3 Å². The Hall–Kier alpha value is -0.920. The van der Waals surface area contributed by atoms with Crippen LogP contribution in [0.25, 0.3) is 0 Å². The highest BCUT2D eigenvalue weighted by molar-refractivity contribution is 5.25. The molecule has 0 bridgehead atoms. The van der Waals surface area contributed by atoms with Crippen molar-refractivity contribution in [2.45, 2.75) is 52.9 Å². The summed E-state index contributed by atoms with van der Waals surface area (Å²) in [6.45, 7) is 7.27. The third-order valence-electron chi connectivity index (χ3n) is 3.22. The Morgan fingerprint density at radius 2 is 1.78 bits per heavy atom. The molecule has 102 valence electrons. The largest absolute Gasteiger partial charge is 0.245 e. The summed E-state index contributed by atoms with van der Waals surface area (Å²) in [6.07, 6.45) is 1.60. The van der Waals surface area contributed by atoms with Gasteiger partial charge in [-0.15, -0.1) is 0 Å². The van der Waals surface area contributed by atoms with Crippen LogP contribution in [0.1, 0.15) is 44.7 Å². The first-order valence-corrected chi connectivity index (χ1v) is 6.70. The zero-order chi connectivity index (χ0) is 13.8. The molecule has 0 amide bonds. The average molecular weight is 254 g/mol. The number of halogens is 2. The molecule has 0 heterocycles. The first-order chi connectivity index (χ1) is 8.28. The van der Waals surface area contributed by atoms with E-state index in [2.05, 4.69) is 19.9 Å². The monoisotopic (exact) mass is 254 g/mol. The van der Waals surface area contributed by atoms with Gasteiger partial charge in [-0.2, -0.15) is 0 Å². The van der Waals surface area contributed by atoms with Crippen molar-refractivity contribution in [3.05, 3.63) is 35.4 Å². The fraction of sp³-hybridized carbons (Fsp3) is 0.625. The summed E-state index contributed by atoms with van der Waals surface area (Å²) in [7, 11) is 0. The molecular formula is C16H24F2. The molecule has 0 saturated carbocycles. The summed E-state index contributed by atoms with van der Waals surface area (Å²) in [4.78, 5) is 0. The first kappa shape index (κ1) is 15.1. The molecule has 18 heavy (non-hydrogen) atoms. The standard InChI is InChI=1S/C16H24F2/c1-12(2)9-14(11-16(4,17)18)10-15-8-6-5-7-13(15)3/h5-8,12,14H,9-11H2,1-4H3. The molecule has 0 aromatic heterocycles. The minimum atomic E-state index is -2.57. The van der Waals surface area contributed by atoms with Gasteiger partial charge in [0.1, 0.15) is 0 Å². The predicted octanol–water partition coefficient (Wildman–Crippen LogP) is 5.25. The maximum absolute atomic E-state index is 13.2. The van der Waals surface area contributed by atoms with Gasteiger partial charge in [-0.25, -0.2) is 8.78 Å². The quantitative estimate of drug-likeness (QED) is 0.650. The van der Waals surface area contributed by atoms with Gasteiger partial charge in [0.15, 0.2) is 0 Å². The van der Waals surface area contributed by atoms with Gasteiger partial charge in [0.05, 0.1) is 0 Å². The zero-order valence-corrected chi connectivity index (χ0v) is 11.8. The van der Waals surface area contributed by atoms with E-state index < -0.39 is 5.92 Å². The lowest BCUT2D eigenvalue weighted by Crippen LogP contribution is -2.20. The zero-order valence-electron chi connectivity index (χ0n) is 11.8. The number of rotatable bonds is 6. The van der Waals surface area contributed by atoms with E-state index in [-0.39, 0.29) is 12.3 Å². The molecule has 1 aromatic rings. The highest BCUT2D eigenvalue weighted by Gasteiger charge is 2.27. The lowest BCUT2D eigenvalue weighted by Gasteiger charge is -2.23. The van der Waals surface area contributed by atoms with E-state index in [0.29, 0.717) is 5.92 Å². The van der Waals surface area contributed by atoms with Crippen molar-refractivity contribution in [1.82, 2.24) is 0 Å². The van der Waals surface area contributed by atoms with Crippen molar-refractivity contribution in [3.8, 4) is 0 Å². The van der Waals surface area contributed by atoms with E-state index in [1.807, 2.05) is 25.1 Å². The van der Waals surface area contributed by atoms with Gasteiger partial charge in [-0.3, -0.25) is 0 Å². The molecule has 1 atom stereocenters. The molecule has 0 saturated heterocycles. The summed E-state index contributed by atoms with van der Waals surface area (Å²) >= 11 is 0. The van der Waals surface area contributed by atoms with Crippen molar-refractivity contribution in [1.29, 1.82) is 0 Å². The predicted molar refractivity (Wildman–Crippen MR) is 73.1 cm³/mol. The van der Waals surface area contributed by atoms with Crippen LogP contribution in [0.3, 0.4) is 0 Å². The van der Waals surface area contributed by atoms with Gasteiger partial charge in [-0.05, 0) is 49.7 Å². The molecule has 2 heteroatoms. The van der Waals surface area contributed by atoms with E-state index >= 15 is 0 Å². The number of hydrogen-bond donors (Lipinski definition) is 0. The number of alkyl halides is 2. The van der Waals surface area contributed by atoms with Crippen molar-refractivity contribution < 1.29 is 8.78 Å². The van der Waals surface area contributed by atoms with Crippen molar-refractivity contribution in [2.24, 2.45) is 11.8 Å². The normalized spacial score (nSPS) is 13.9. The topological polar surface area (TPSA) is 0 Å². The summed E-state index contributed by atoms with van der Waals surface area (Å²) in [5, 5.41) is 0. The second kappa shape index (κ2) is 6.31. The van der Waals surface area contributed by atoms with Gasteiger partial charge in [0.2, 0.25) is 5.92 Å². The van der Waals surface area contributed by atoms with Gasteiger partial charge < -0.3 is 0 Å². The summed E-state index contributed by atoms with van der Waals surface area (Å²) < 4.78 is 26.5. The Morgan fingerprint density at radius 1 is 1.17 bits per heavy atom. The van der Waals surface area contributed by atoms with Crippen LogP contribution in [0, 0.1) is 18.8 Å². The Balaban J connectivity index is 2.75. The molecule has 1 aromatic carbocycles. The number of benzene rings is 1. The summed E-state index contributed by atoms with van der Waals surface area (Å²) in [6, 6.07) is 8.08. The van der Waals surface area contributed by atoms with Crippen molar-refractivity contribution in [3.63, 3.8) is 0 Å². The van der Waals surface area contributed by atoms with E-state index in [1.54, 1.807) is 0 Å². The summed E-state index contributed by atoms with van der Waals surface area (Å²) in [5.41, 5.74) is 2.40. The maximum Gasteiger partial charge on any atom is 0.245 e.